The maximum Gasteiger partial charge on any atom is 0.127 e. The molecule has 2 unspecified atom stereocenters. The van der Waals surface area contributed by atoms with E-state index in [4.69, 9.17) is 5.73 Å². The fraction of sp³-hybridized carbons (Fsp3) is 0.333. The second kappa shape index (κ2) is 5.86. The zero-order chi connectivity index (χ0) is 14.8. The molecule has 2 aromatic rings. The van der Waals surface area contributed by atoms with Gasteiger partial charge in [-0.2, -0.15) is 0 Å². The van der Waals surface area contributed by atoms with Crippen LogP contribution in [0, 0.1) is 11.7 Å². The highest BCUT2D eigenvalue weighted by molar-refractivity contribution is 5.57. The Morgan fingerprint density at radius 1 is 1.14 bits per heavy atom. The number of para-hydroxylation sites is 1. The standard InChI is InChI=1S/C18H21FN2/c1-13(18(20)15-7-3-4-8-16(15)19)12-21-11-10-14-6-2-5-9-17(14)21/h2-9,13,18H,10-12,20H2,1H3. The molecule has 0 amide bonds. The Morgan fingerprint density at radius 2 is 1.86 bits per heavy atom. The lowest BCUT2D eigenvalue weighted by Gasteiger charge is -2.27. The van der Waals surface area contributed by atoms with Crippen LogP contribution in [-0.2, 0) is 6.42 Å². The summed E-state index contributed by atoms with van der Waals surface area (Å²) in [6.45, 7) is 3.97. The summed E-state index contributed by atoms with van der Waals surface area (Å²) in [5.74, 6) is -0.0215. The molecular weight excluding hydrogens is 263 g/mol. The topological polar surface area (TPSA) is 29.3 Å². The van der Waals surface area contributed by atoms with E-state index >= 15 is 0 Å². The maximum atomic E-state index is 13.9. The average molecular weight is 284 g/mol. The van der Waals surface area contributed by atoms with Gasteiger partial charge in [-0.3, -0.25) is 0 Å². The van der Waals surface area contributed by atoms with Crippen LogP contribution in [0.3, 0.4) is 0 Å². The van der Waals surface area contributed by atoms with Gasteiger partial charge in [0.25, 0.3) is 0 Å². The molecule has 2 atom stereocenters. The van der Waals surface area contributed by atoms with E-state index in [9.17, 15) is 4.39 Å². The maximum absolute atomic E-state index is 13.9. The number of nitrogens with two attached hydrogens (primary N) is 1. The fourth-order valence-corrected chi connectivity index (χ4v) is 3.11. The Balaban J connectivity index is 1.73. The number of fused-ring (bicyclic) bond motifs is 1. The van der Waals surface area contributed by atoms with Crippen LogP contribution in [0.1, 0.15) is 24.1 Å². The van der Waals surface area contributed by atoms with Crippen molar-refractivity contribution in [1.82, 2.24) is 0 Å². The minimum atomic E-state index is -0.279. The van der Waals surface area contributed by atoms with E-state index < -0.39 is 0 Å². The first kappa shape index (κ1) is 14.1. The Hall–Kier alpha value is -1.87. The van der Waals surface area contributed by atoms with Crippen molar-refractivity contribution in [3.8, 4) is 0 Å². The lowest BCUT2D eigenvalue weighted by molar-refractivity contribution is 0.449. The summed E-state index contributed by atoms with van der Waals surface area (Å²) in [6, 6.07) is 15.0. The van der Waals surface area contributed by atoms with Crippen molar-refractivity contribution in [2.24, 2.45) is 11.7 Å². The first-order valence-electron chi connectivity index (χ1n) is 7.49. The van der Waals surface area contributed by atoms with Crippen LogP contribution in [-0.4, -0.2) is 13.1 Å². The zero-order valence-corrected chi connectivity index (χ0v) is 12.3. The summed E-state index contributed by atoms with van der Waals surface area (Å²) in [7, 11) is 0. The fourth-order valence-electron chi connectivity index (χ4n) is 3.11. The van der Waals surface area contributed by atoms with Gasteiger partial charge in [-0.1, -0.05) is 43.3 Å². The van der Waals surface area contributed by atoms with Gasteiger partial charge in [-0.05, 0) is 30.0 Å². The van der Waals surface area contributed by atoms with Crippen molar-refractivity contribution in [2.75, 3.05) is 18.0 Å². The van der Waals surface area contributed by atoms with Crippen molar-refractivity contribution >= 4 is 5.69 Å². The minimum Gasteiger partial charge on any atom is -0.371 e. The molecule has 0 aromatic heterocycles. The number of halogens is 1. The van der Waals surface area contributed by atoms with Gasteiger partial charge in [0.2, 0.25) is 0 Å². The highest BCUT2D eigenvalue weighted by atomic mass is 19.1. The Labute approximate surface area is 125 Å². The second-order valence-corrected chi connectivity index (χ2v) is 5.85. The van der Waals surface area contributed by atoms with Crippen molar-refractivity contribution in [3.63, 3.8) is 0 Å². The zero-order valence-electron chi connectivity index (χ0n) is 12.3. The summed E-state index contributed by atoms with van der Waals surface area (Å²) in [5.41, 5.74) is 9.57. The van der Waals surface area contributed by atoms with E-state index in [2.05, 4.69) is 36.1 Å². The quantitative estimate of drug-likeness (QED) is 0.930. The Morgan fingerprint density at radius 3 is 2.67 bits per heavy atom. The molecule has 1 heterocycles. The molecule has 110 valence electrons. The van der Waals surface area contributed by atoms with E-state index in [1.165, 1.54) is 17.3 Å². The van der Waals surface area contributed by atoms with Crippen LogP contribution in [0.4, 0.5) is 10.1 Å². The first-order chi connectivity index (χ1) is 10.2. The highest BCUT2D eigenvalue weighted by Gasteiger charge is 2.24. The summed E-state index contributed by atoms with van der Waals surface area (Å²) in [5, 5.41) is 0. The van der Waals surface area contributed by atoms with E-state index in [1.54, 1.807) is 12.1 Å². The van der Waals surface area contributed by atoms with Crippen molar-refractivity contribution in [2.45, 2.75) is 19.4 Å². The number of anilines is 1. The van der Waals surface area contributed by atoms with Gasteiger partial charge in [0, 0.05) is 30.4 Å². The largest absolute Gasteiger partial charge is 0.371 e. The molecule has 3 rings (SSSR count). The highest BCUT2D eigenvalue weighted by Crippen LogP contribution is 2.30. The molecule has 0 saturated carbocycles. The number of hydrogen-bond donors (Lipinski definition) is 1. The van der Waals surface area contributed by atoms with E-state index in [0.29, 0.717) is 5.56 Å². The third-order valence-electron chi connectivity index (χ3n) is 4.37. The van der Waals surface area contributed by atoms with Crippen LogP contribution < -0.4 is 10.6 Å². The predicted molar refractivity (Wildman–Crippen MR) is 84.9 cm³/mol. The SMILES string of the molecule is CC(CN1CCc2ccccc21)C(N)c1ccccc1F. The first-order valence-corrected chi connectivity index (χ1v) is 7.49. The van der Waals surface area contributed by atoms with Gasteiger partial charge >= 0.3 is 0 Å². The summed E-state index contributed by atoms with van der Waals surface area (Å²) in [4.78, 5) is 2.36. The molecule has 0 radical (unpaired) electrons. The average Bonchev–Trinajstić information content (AvgIpc) is 2.90. The predicted octanol–water partition coefficient (Wildman–Crippen LogP) is 3.52. The monoisotopic (exact) mass is 284 g/mol. The van der Waals surface area contributed by atoms with E-state index in [0.717, 1.165) is 19.5 Å². The summed E-state index contributed by atoms with van der Waals surface area (Å²) >= 11 is 0. The van der Waals surface area contributed by atoms with Gasteiger partial charge in [0.05, 0.1) is 0 Å². The Kier molecular flexibility index (Phi) is 3.93. The normalized spacial score (nSPS) is 16.6. The van der Waals surface area contributed by atoms with Gasteiger partial charge < -0.3 is 10.6 Å². The Bertz CT molecular complexity index is 626. The van der Waals surface area contributed by atoms with Crippen LogP contribution >= 0.6 is 0 Å². The van der Waals surface area contributed by atoms with Crippen LogP contribution in [0.2, 0.25) is 0 Å². The molecule has 0 aliphatic carbocycles. The van der Waals surface area contributed by atoms with E-state index in [1.807, 2.05) is 6.07 Å². The number of nitrogens with zero attached hydrogens (tertiary/aromatic N) is 1. The summed E-state index contributed by atoms with van der Waals surface area (Å²) < 4.78 is 13.9. The van der Waals surface area contributed by atoms with Crippen LogP contribution in [0.5, 0.6) is 0 Å². The lowest BCUT2D eigenvalue weighted by atomic mass is 9.94. The van der Waals surface area contributed by atoms with Gasteiger partial charge in [-0.25, -0.2) is 4.39 Å². The molecule has 1 aliphatic rings. The van der Waals surface area contributed by atoms with Crippen molar-refractivity contribution in [1.29, 1.82) is 0 Å². The molecule has 2 nitrogen and oxygen atoms in total. The molecule has 3 heteroatoms. The molecule has 0 bridgehead atoms. The van der Waals surface area contributed by atoms with Crippen LogP contribution in [0.25, 0.3) is 0 Å². The number of benzene rings is 2. The summed E-state index contributed by atoms with van der Waals surface area (Å²) in [6.07, 6.45) is 1.08. The number of hydrogen-bond acceptors (Lipinski definition) is 2. The van der Waals surface area contributed by atoms with Crippen molar-refractivity contribution in [3.05, 3.63) is 65.5 Å². The molecule has 21 heavy (non-hydrogen) atoms. The molecule has 2 N–H and O–H groups in total. The molecule has 1 aliphatic heterocycles. The molecule has 0 saturated heterocycles. The van der Waals surface area contributed by atoms with E-state index in [-0.39, 0.29) is 17.8 Å². The third-order valence-corrected chi connectivity index (χ3v) is 4.37. The van der Waals surface area contributed by atoms with Gasteiger partial charge in [0.1, 0.15) is 5.82 Å². The minimum absolute atomic E-state index is 0.188. The van der Waals surface area contributed by atoms with Gasteiger partial charge in [0.15, 0.2) is 0 Å². The van der Waals surface area contributed by atoms with Crippen LogP contribution in [0.15, 0.2) is 48.5 Å². The molecule has 2 aromatic carbocycles. The molecule has 0 spiro atoms. The smallest absolute Gasteiger partial charge is 0.127 e. The number of rotatable bonds is 4. The third kappa shape index (κ3) is 2.79. The van der Waals surface area contributed by atoms with Gasteiger partial charge in [-0.15, -0.1) is 0 Å². The molecule has 0 fully saturated rings. The lowest BCUT2D eigenvalue weighted by Crippen LogP contribution is -2.32. The molecular formula is C18H21FN2. The second-order valence-electron chi connectivity index (χ2n) is 5.85. The van der Waals surface area contributed by atoms with Crippen molar-refractivity contribution < 1.29 is 4.39 Å².